The molecule has 0 bridgehead atoms. The molecule has 1 amide bonds. The molecule has 1 atom stereocenters. The monoisotopic (exact) mass is 422 g/mol. The number of benzene rings is 1. The van der Waals surface area contributed by atoms with Gasteiger partial charge in [0.2, 0.25) is 5.91 Å². The average Bonchev–Trinajstić information content (AvgIpc) is 3.33. The zero-order chi connectivity index (χ0) is 21.4. The number of aromatic nitrogens is 4. The van der Waals surface area contributed by atoms with E-state index in [1.807, 2.05) is 6.07 Å². The van der Waals surface area contributed by atoms with E-state index in [-0.39, 0.29) is 22.8 Å². The molecule has 30 heavy (non-hydrogen) atoms. The minimum Gasteiger partial charge on any atom is -0.308 e. The molecule has 0 saturated heterocycles. The van der Waals surface area contributed by atoms with E-state index in [0.717, 1.165) is 0 Å². The third-order valence-corrected chi connectivity index (χ3v) is 5.66. The molecule has 150 valence electrons. The van der Waals surface area contributed by atoms with Gasteiger partial charge in [0, 0.05) is 18.0 Å². The van der Waals surface area contributed by atoms with Crippen LogP contribution >= 0.6 is 11.3 Å². The van der Waals surface area contributed by atoms with Crippen molar-refractivity contribution in [3.05, 3.63) is 63.9 Å². The zero-order valence-corrected chi connectivity index (χ0v) is 16.8. The molecule has 1 N–H and O–H groups in total. The maximum absolute atomic E-state index is 13.3. The van der Waals surface area contributed by atoms with E-state index in [0.29, 0.717) is 21.3 Å². The number of carbonyl (C=O) groups excluding carboxylic acids is 1. The second-order valence-electron chi connectivity index (χ2n) is 6.60. The summed E-state index contributed by atoms with van der Waals surface area (Å²) in [5.41, 5.74) is 1.15. The highest BCUT2D eigenvalue weighted by molar-refractivity contribution is 7.17. The van der Waals surface area contributed by atoms with Gasteiger partial charge >= 0.3 is 0 Å². The predicted octanol–water partition coefficient (Wildman–Crippen LogP) is 3.07. The number of hydrogen-bond donors (Lipinski definition) is 1. The Balaban J connectivity index is 1.73. The molecule has 0 radical (unpaired) electrons. The second kappa shape index (κ2) is 7.53. The average molecular weight is 422 g/mol. The molecule has 4 rings (SSSR count). The molecular weight excluding hydrogens is 407 g/mol. The van der Waals surface area contributed by atoms with Crippen molar-refractivity contribution in [1.82, 2.24) is 19.3 Å². The van der Waals surface area contributed by atoms with Crippen LogP contribution in [0.3, 0.4) is 0 Å². The molecule has 1 unspecified atom stereocenters. The highest BCUT2D eigenvalue weighted by Gasteiger charge is 2.22. The summed E-state index contributed by atoms with van der Waals surface area (Å²) in [6.45, 7) is 1.57. The number of rotatable bonds is 4. The number of nitriles is 1. The molecule has 0 fully saturated rings. The van der Waals surface area contributed by atoms with Crippen molar-refractivity contribution in [2.75, 3.05) is 5.32 Å². The summed E-state index contributed by atoms with van der Waals surface area (Å²) >= 11 is 1.30. The molecule has 4 aromatic rings. The van der Waals surface area contributed by atoms with Crippen LogP contribution in [0.15, 0.2) is 47.0 Å². The van der Waals surface area contributed by atoms with Crippen molar-refractivity contribution in [3.63, 3.8) is 0 Å². The Bertz CT molecular complexity index is 1360. The largest absolute Gasteiger partial charge is 0.308 e. The molecule has 8 nitrogen and oxygen atoms in total. The molecule has 3 heterocycles. The Labute approximate surface area is 173 Å². The van der Waals surface area contributed by atoms with Crippen molar-refractivity contribution in [3.8, 4) is 17.2 Å². The van der Waals surface area contributed by atoms with Crippen LogP contribution < -0.4 is 10.9 Å². The lowest BCUT2D eigenvalue weighted by Gasteiger charge is -2.15. The van der Waals surface area contributed by atoms with Gasteiger partial charge in [0.05, 0.1) is 17.9 Å². The number of aryl methyl sites for hydroxylation is 1. The first kappa shape index (κ1) is 19.5. The highest BCUT2D eigenvalue weighted by atomic mass is 32.1. The first-order valence-corrected chi connectivity index (χ1v) is 9.76. The molecule has 0 spiro atoms. The van der Waals surface area contributed by atoms with E-state index in [1.165, 1.54) is 45.2 Å². The molecule has 0 aliphatic rings. The molecule has 10 heteroatoms. The van der Waals surface area contributed by atoms with Crippen LogP contribution in [-0.4, -0.2) is 25.2 Å². The quantitative estimate of drug-likeness (QED) is 0.544. The molecular formula is C20H15FN6O2S. The van der Waals surface area contributed by atoms with E-state index in [4.69, 9.17) is 5.26 Å². The van der Waals surface area contributed by atoms with Crippen LogP contribution in [0.1, 0.15) is 18.5 Å². The first-order valence-electron chi connectivity index (χ1n) is 8.88. The summed E-state index contributed by atoms with van der Waals surface area (Å²) in [5.74, 6) is -0.609. The van der Waals surface area contributed by atoms with Gasteiger partial charge in [0.1, 0.15) is 34.1 Å². The van der Waals surface area contributed by atoms with E-state index in [2.05, 4.69) is 15.4 Å². The lowest BCUT2D eigenvalue weighted by atomic mass is 10.1. The van der Waals surface area contributed by atoms with E-state index in [1.54, 1.807) is 31.5 Å². The van der Waals surface area contributed by atoms with Crippen molar-refractivity contribution in [2.24, 2.45) is 7.05 Å². The van der Waals surface area contributed by atoms with Gasteiger partial charge in [-0.25, -0.2) is 9.37 Å². The number of amides is 1. The van der Waals surface area contributed by atoms with Crippen molar-refractivity contribution < 1.29 is 9.18 Å². The molecule has 0 aliphatic heterocycles. The normalized spacial score (nSPS) is 11.9. The smallest absolute Gasteiger partial charge is 0.263 e. The molecule has 0 saturated carbocycles. The predicted molar refractivity (Wildman–Crippen MR) is 111 cm³/mol. The number of halogens is 1. The lowest BCUT2D eigenvalue weighted by Crippen LogP contribution is -2.32. The number of anilines is 1. The van der Waals surface area contributed by atoms with Gasteiger partial charge in [-0.3, -0.25) is 18.8 Å². The zero-order valence-electron chi connectivity index (χ0n) is 16.0. The van der Waals surface area contributed by atoms with Crippen LogP contribution in [0.5, 0.6) is 0 Å². The number of nitrogens with zero attached hydrogens (tertiary/aromatic N) is 5. The maximum Gasteiger partial charge on any atom is 0.263 e. The third kappa shape index (κ3) is 3.25. The van der Waals surface area contributed by atoms with Crippen LogP contribution in [0.2, 0.25) is 0 Å². The Morgan fingerprint density at radius 2 is 2.07 bits per heavy atom. The Hall–Kier alpha value is -3.84. The van der Waals surface area contributed by atoms with Gasteiger partial charge in [-0.15, -0.1) is 11.3 Å². The lowest BCUT2D eigenvalue weighted by molar-refractivity contribution is -0.118. The third-order valence-electron chi connectivity index (χ3n) is 4.77. The van der Waals surface area contributed by atoms with Crippen LogP contribution in [0.4, 0.5) is 10.2 Å². The van der Waals surface area contributed by atoms with E-state index in [9.17, 15) is 14.0 Å². The van der Waals surface area contributed by atoms with Crippen molar-refractivity contribution in [2.45, 2.75) is 13.0 Å². The van der Waals surface area contributed by atoms with Gasteiger partial charge in [-0.05, 0) is 24.6 Å². The molecule has 3 aromatic heterocycles. The standard InChI is InChI=1S/C20H15FN6O2S/c1-11(18(28)25-17-13(7-22)8-24-26(17)2)27-10-23-19-16(20(27)29)15(9-30-19)12-3-5-14(21)6-4-12/h3-6,8-11H,1-2H3,(H,25,28). The number of fused-ring (bicyclic) bond motifs is 1. The Morgan fingerprint density at radius 1 is 1.33 bits per heavy atom. The van der Waals surface area contributed by atoms with Gasteiger partial charge in [0.25, 0.3) is 5.56 Å². The summed E-state index contributed by atoms with van der Waals surface area (Å²) in [6.07, 6.45) is 2.68. The van der Waals surface area contributed by atoms with Gasteiger partial charge < -0.3 is 5.32 Å². The Morgan fingerprint density at radius 3 is 2.77 bits per heavy atom. The SMILES string of the molecule is CC(C(=O)Nc1c(C#N)cnn1C)n1cnc2scc(-c3ccc(F)cc3)c2c1=O. The first-order chi connectivity index (χ1) is 14.4. The minimum absolute atomic E-state index is 0.218. The second-order valence-corrected chi connectivity index (χ2v) is 7.46. The number of nitrogens with one attached hydrogen (secondary N) is 1. The van der Waals surface area contributed by atoms with E-state index < -0.39 is 11.9 Å². The van der Waals surface area contributed by atoms with Crippen LogP contribution in [0, 0.1) is 17.1 Å². The fraction of sp³-hybridized carbons (Fsp3) is 0.150. The highest BCUT2D eigenvalue weighted by Crippen LogP contribution is 2.31. The summed E-state index contributed by atoms with van der Waals surface area (Å²) in [4.78, 5) is 30.8. The number of carbonyl (C=O) groups is 1. The topological polar surface area (TPSA) is 106 Å². The van der Waals surface area contributed by atoms with Gasteiger partial charge in [0.15, 0.2) is 0 Å². The summed E-state index contributed by atoms with van der Waals surface area (Å²) in [7, 11) is 1.60. The van der Waals surface area contributed by atoms with Gasteiger partial charge in [-0.1, -0.05) is 12.1 Å². The van der Waals surface area contributed by atoms with Crippen LogP contribution in [0.25, 0.3) is 21.3 Å². The van der Waals surface area contributed by atoms with Gasteiger partial charge in [-0.2, -0.15) is 10.4 Å². The molecule has 0 aliphatic carbocycles. The summed E-state index contributed by atoms with van der Waals surface area (Å²) in [5, 5.41) is 17.9. The number of thiophene rings is 1. The summed E-state index contributed by atoms with van der Waals surface area (Å²) < 4.78 is 15.9. The van der Waals surface area contributed by atoms with Crippen molar-refractivity contribution >= 4 is 33.3 Å². The fourth-order valence-electron chi connectivity index (χ4n) is 3.08. The van der Waals surface area contributed by atoms with Crippen molar-refractivity contribution in [1.29, 1.82) is 5.26 Å². The fourth-order valence-corrected chi connectivity index (χ4v) is 3.98. The van der Waals surface area contributed by atoms with E-state index >= 15 is 0 Å². The minimum atomic E-state index is -0.892. The number of hydrogen-bond acceptors (Lipinski definition) is 6. The Kier molecular flexibility index (Phi) is 4.89. The maximum atomic E-state index is 13.3. The summed E-state index contributed by atoms with van der Waals surface area (Å²) in [6, 6.07) is 6.90. The van der Waals surface area contributed by atoms with Crippen LogP contribution in [-0.2, 0) is 11.8 Å². The molecule has 1 aromatic carbocycles.